The first-order chi connectivity index (χ1) is 9.62. The molecule has 0 aliphatic heterocycles. The highest BCUT2D eigenvalue weighted by molar-refractivity contribution is 5.73. The van der Waals surface area contributed by atoms with Crippen molar-refractivity contribution in [2.24, 2.45) is 11.3 Å². The van der Waals surface area contributed by atoms with E-state index in [0.717, 1.165) is 12.0 Å². The Labute approximate surface area is 128 Å². The monoisotopic (exact) mass is 298 g/mol. The van der Waals surface area contributed by atoms with Crippen molar-refractivity contribution in [3.8, 4) is 0 Å². The third-order valence-electron chi connectivity index (χ3n) is 3.48. The second-order valence-electron chi connectivity index (χ2n) is 6.70. The number of carbonyl (C=O) groups excluding carboxylic acids is 1. The van der Waals surface area contributed by atoms with E-state index >= 15 is 0 Å². The Morgan fingerprint density at radius 1 is 1.14 bits per heavy atom. The molecule has 2 amide bonds. The third-order valence-corrected chi connectivity index (χ3v) is 3.48. The van der Waals surface area contributed by atoms with E-state index in [2.05, 4.69) is 31.4 Å². The van der Waals surface area contributed by atoms with Crippen LogP contribution < -0.4 is 10.6 Å². The molecule has 0 aromatic heterocycles. The summed E-state index contributed by atoms with van der Waals surface area (Å²) in [6.07, 6.45) is 3.55. The molecule has 5 nitrogen and oxygen atoms in total. The van der Waals surface area contributed by atoms with Crippen LogP contribution in [0.4, 0.5) is 4.79 Å². The Balaban J connectivity index is 4.10. The summed E-state index contributed by atoms with van der Waals surface area (Å²) in [5.41, 5.74) is 1.20. The summed E-state index contributed by atoms with van der Waals surface area (Å²) in [7, 11) is 0. The van der Waals surface area contributed by atoms with Crippen molar-refractivity contribution in [2.45, 2.75) is 53.9 Å². The lowest BCUT2D eigenvalue weighted by Crippen LogP contribution is -2.37. The van der Waals surface area contributed by atoms with E-state index in [9.17, 15) is 9.59 Å². The molecule has 122 valence electrons. The van der Waals surface area contributed by atoms with E-state index in [1.165, 1.54) is 0 Å². The smallest absolute Gasteiger partial charge is 0.315 e. The molecule has 0 aromatic rings. The number of carboxylic acid groups (broad SMARTS) is 1. The van der Waals surface area contributed by atoms with Crippen LogP contribution in [0.3, 0.4) is 0 Å². The van der Waals surface area contributed by atoms with Gasteiger partial charge in [-0.2, -0.15) is 0 Å². The Bertz CT molecular complexity index is 366. The van der Waals surface area contributed by atoms with Gasteiger partial charge in [0.2, 0.25) is 0 Å². The number of amides is 2. The fraction of sp³-hybridized carbons (Fsp3) is 0.750. The van der Waals surface area contributed by atoms with Gasteiger partial charge in [-0.1, -0.05) is 32.4 Å². The molecule has 0 radical (unpaired) electrons. The molecule has 0 aromatic carbocycles. The Hall–Kier alpha value is -1.52. The molecule has 0 spiro atoms. The molecule has 0 saturated heterocycles. The summed E-state index contributed by atoms with van der Waals surface area (Å²) in [6.45, 7) is 11.4. The van der Waals surface area contributed by atoms with Crippen LogP contribution in [0.2, 0.25) is 0 Å². The highest BCUT2D eigenvalue weighted by Crippen LogP contribution is 2.32. The largest absolute Gasteiger partial charge is 0.481 e. The molecular weight excluding hydrogens is 268 g/mol. The summed E-state index contributed by atoms with van der Waals surface area (Å²) in [5, 5.41) is 14.4. The van der Waals surface area contributed by atoms with Crippen LogP contribution in [0.15, 0.2) is 11.6 Å². The second kappa shape index (κ2) is 9.42. The number of carbonyl (C=O) groups is 2. The topological polar surface area (TPSA) is 78.4 Å². The third kappa shape index (κ3) is 10.9. The van der Waals surface area contributed by atoms with E-state index < -0.39 is 5.97 Å². The number of urea groups is 1. The molecule has 0 saturated carbocycles. The fourth-order valence-corrected chi connectivity index (χ4v) is 2.08. The van der Waals surface area contributed by atoms with Gasteiger partial charge in [0.25, 0.3) is 0 Å². The molecule has 0 rings (SSSR count). The lowest BCUT2D eigenvalue weighted by molar-refractivity contribution is -0.137. The summed E-state index contributed by atoms with van der Waals surface area (Å²) < 4.78 is 0. The fourth-order valence-electron chi connectivity index (χ4n) is 2.08. The molecule has 21 heavy (non-hydrogen) atoms. The molecule has 1 atom stereocenters. The second-order valence-corrected chi connectivity index (χ2v) is 6.70. The van der Waals surface area contributed by atoms with Crippen molar-refractivity contribution in [2.75, 3.05) is 13.1 Å². The van der Waals surface area contributed by atoms with Crippen molar-refractivity contribution in [3.63, 3.8) is 0 Å². The highest BCUT2D eigenvalue weighted by atomic mass is 16.4. The van der Waals surface area contributed by atoms with Crippen LogP contribution in [0.5, 0.6) is 0 Å². The molecule has 0 bridgehead atoms. The minimum atomic E-state index is -0.767. The lowest BCUT2D eigenvalue weighted by atomic mass is 9.76. The van der Waals surface area contributed by atoms with Gasteiger partial charge >= 0.3 is 12.0 Å². The van der Waals surface area contributed by atoms with Gasteiger partial charge in [-0.15, -0.1) is 0 Å². The Morgan fingerprint density at radius 2 is 1.76 bits per heavy atom. The SMILES string of the molecule is CC(C)=CCNC(=O)NCCC(CCC(=O)O)C(C)(C)C. The average molecular weight is 298 g/mol. The standard InChI is InChI=1S/C16H30N2O3/c1-12(2)8-10-17-15(21)18-11-9-13(16(3,4)5)6-7-14(19)20/h8,13H,6-7,9-11H2,1-5H3,(H,19,20)(H2,17,18,21). The Morgan fingerprint density at radius 3 is 2.24 bits per heavy atom. The summed E-state index contributed by atoms with van der Waals surface area (Å²) in [6, 6.07) is -0.182. The molecule has 3 N–H and O–H groups in total. The molecule has 0 aliphatic carbocycles. The van der Waals surface area contributed by atoms with E-state index in [4.69, 9.17) is 5.11 Å². The van der Waals surface area contributed by atoms with E-state index in [0.29, 0.717) is 19.5 Å². The van der Waals surface area contributed by atoms with Crippen molar-refractivity contribution in [3.05, 3.63) is 11.6 Å². The maximum absolute atomic E-state index is 11.6. The zero-order valence-corrected chi connectivity index (χ0v) is 14.0. The lowest BCUT2D eigenvalue weighted by Gasteiger charge is -2.30. The van der Waals surface area contributed by atoms with E-state index in [1.54, 1.807) is 0 Å². The van der Waals surface area contributed by atoms with Gasteiger partial charge in [0.1, 0.15) is 0 Å². The van der Waals surface area contributed by atoms with E-state index in [-0.39, 0.29) is 23.8 Å². The van der Waals surface area contributed by atoms with Crippen molar-refractivity contribution < 1.29 is 14.7 Å². The summed E-state index contributed by atoms with van der Waals surface area (Å²) >= 11 is 0. The average Bonchev–Trinajstić information content (AvgIpc) is 2.31. The zero-order valence-electron chi connectivity index (χ0n) is 14.0. The summed E-state index contributed by atoms with van der Waals surface area (Å²) in [4.78, 5) is 22.3. The number of allylic oxidation sites excluding steroid dienone is 1. The van der Waals surface area contributed by atoms with Gasteiger partial charge in [0, 0.05) is 19.5 Å². The number of rotatable bonds is 8. The maximum atomic E-state index is 11.6. The normalized spacial score (nSPS) is 12.4. The summed E-state index contributed by atoms with van der Waals surface area (Å²) in [5.74, 6) is -0.497. The molecule has 1 unspecified atom stereocenters. The molecule has 0 fully saturated rings. The van der Waals surface area contributed by atoms with Gasteiger partial charge < -0.3 is 15.7 Å². The number of hydrogen-bond acceptors (Lipinski definition) is 2. The van der Waals surface area contributed by atoms with Gasteiger partial charge in [0.15, 0.2) is 0 Å². The molecule has 0 heterocycles. The predicted octanol–water partition coefficient (Wildman–Crippen LogP) is 3.17. The van der Waals surface area contributed by atoms with Crippen LogP contribution in [0, 0.1) is 11.3 Å². The first-order valence-electron chi connectivity index (χ1n) is 7.49. The van der Waals surface area contributed by atoms with Gasteiger partial charge in [-0.25, -0.2) is 4.79 Å². The number of aliphatic carboxylic acids is 1. The first-order valence-corrected chi connectivity index (χ1v) is 7.49. The number of hydrogen-bond donors (Lipinski definition) is 3. The van der Waals surface area contributed by atoms with Crippen molar-refractivity contribution >= 4 is 12.0 Å². The molecule has 0 aliphatic rings. The van der Waals surface area contributed by atoms with Crippen LogP contribution in [0.1, 0.15) is 53.9 Å². The van der Waals surface area contributed by atoms with Crippen LogP contribution >= 0.6 is 0 Å². The van der Waals surface area contributed by atoms with Gasteiger partial charge in [0.05, 0.1) is 0 Å². The molecule has 5 heteroatoms. The first kappa shape index (κ1) is 19.5. The predicted molar refractivity (Wildman–Crippen MR) is 85.3 cm³/mol. The highest BCUT2D eigenvalue weighted by Gasteiger charge is 2.24. The quantitative estimate of drug-likeness (QED) is 0.602. The Kier molecular flexibility index (Phi) is 8.74. The van der Waals surface area contributed by atoms with Crippen molar-refractivity contribution in [1.29, 1.82) is 0 Å². The van der Waals surface area contributed by atoms with Crippen molar-refractivity contribution in [1.82, 2.24) is 10.6 Å². The van der Waals surface area contributed by atoms with Crippen LogP contribution in [-0.2, 0) is 4.79 Å². The van der Waals surface area contributed by atoms with Gasteiger partial charge in [-0.05, 0) is 38.0 Å². The van der Waals surface area contributed by atoms with Crippen LogP contribution in [-0.4, -0.2) is 30.2 Å². The minimum Gasteiger partial charge on any atom is -0.481 e. The number of carboxylic acids is 1. The zero-order chi connectivity index (χ0) is 16.5. The maximum Gasteiger partial charge on any atom is 0.315 e. The van der Waals surface area contributed by atoms with Crippen LogP contribution in [0.25, 0.3) is 0 Å². The van der Waals surface area contributed by atoms with E-state index in [1.807, 2.05) is 19.9 Å². The minimum absolute atomic E-state index is 0.0374. The molecular formula is C16H30N2O3. The number of nitrogens with one attached hydrogen (secondary N) is 2. The van der Waals surface area contributed by atoms with Gasteiger partial charge in [-0.3, -0.25) is 4.79 Å².